The van der Waals surface area contributed by atoms with E-state index in [0.29, 0.717) is 32.3 Å². The number of carbonyl (C=O) groups excluding carboxylic acids is 1. The number of hydrogen-bond donors (Lipinski definition) is 1. The molecule has 40 heavy (non-hydrogen) atoms. The summed E-state index contributed by atoms with van der Waals surface area (Å²) in [7, 11) is -2.51. The molecule has 6 nitrogen and oxygen atoms in total. The van der Waals surface area contributed by atoms with Crippen LogP contribution in [0.1, 0.15) is 37.7 Å². The lowest BCUT2D eigenvalue weighted by Crippen LogP contribution is -2.51. The third kappa shape index (κ3) is 5.89. The molecule has 2 fully saturated rings. The lowest BCUT2D eigenvalue weighted by molar-refractivity contribution is -0.140. The third-order valence-corrected chi connectivity index (χ3v) is 9.66. The van der Waals surface area contributed by atoms with Crippen molar-refractivity contribution in [1.29, 1.82) is 0 Å². The molecule has 1 saturated heterocycles. The van der Waals surface area contributed by atoms with Crippen molar-refractivity contribution in [2.45, 2.75) is 54.6 Å². The van der Waals surface area contributed by atoms with Gasteiger partial charge in [0.05, 0.1) is 30.8 Å². The molecule has 1 N–H and O–H groups in total. The van der Waals surface area contributed by atoms with Gasteiger partial charge in [0.25, 0.3) is 0 Å². The minimum atomic E-state index is -3.89. The molecule has 2 bridgehead atoms. The number of unbranched alkanes of at least 4 members (excludes halogenated alkanes) is 1. The topological polar surface area (TPSA) is 81.7 Å². The summed E-state index contributed by atoms with van der Waals surface area (Å²) in [6.45, 7) is 0.512. The van der Waals surface area contributed by atoms with E-state index in [1.165, 1.54) is 19.2 Å². The summed E-state index contributed by atoms with van der Waals surface area (Å²) in [5.74, 6) is -0.775. The molecule has 1 saturated carbocycles. The molecule has 5 rings (SSSR count). The molecular formula is C32H34FNO5S. The van der Waals surface area contributed by atoms with Crippen LogP contribution in [0.2, 0.25) is 0 Å². The molecule has 0 radical (unpaired) electrons. The van der Waals surface area contributed by atoms with Crippen molar-refractivity contribution in [2.24, 2.45) is 5.92 Å². The molecule has 1 aliphatic heterocycles. The number of rotatable bonds is 11. The zero-order chi connectivity index (χ0) is 28.2. The van der Waals surface area contributed by atoms with Crippen LogP contribution in [0, 0.1) is 11.7 Å². The lowest BCUT2D eigenvalue weighted by Gasteiger charge is -2.39. The summed E-state index contributed by atoms with van der Waals surface area (Å²) in [5, 5.41) is 0. The average molecular weight is 564 g/mol. The van der Waals surface area contributed by atoms with Gasteiger partial charge in [-0.3, -0.25) is 4.79 Å². The van der Waals surface area contributed by atoms with E-state index in [1.807, 2.05) is 24.3 Å². The molecule has 3 aromatic carbocycles. The predicted molar refractivity (Wildman–Crippen MR) is 152 cm³/mol. The maximum atomic E-state index is 13.5. The molecule has 1 heterocycles. The first-order valence-electron chi connectivity index (χ1n) is 13.6. The Morgan fingerprint density at radius 1 is 1.02 bits per heavy atom. The van der Waals surface area contributed by atoms with Gasteiger partial charge < -0.3 is 9.47 Å². The van der Waals surface area contributed by atoms with Crippen molar-refractivity contribution in [1.82, 2.24) is 4.72 Å². The van der Waals surface area contributed by atoms with Crippen molar-refractivity contribution in [3.8, 4) is 11.1 Å². The molecular weight excluding hydrogens is 529 g/mol. The fraction of sp³-hybridized carbons (Fsp3) is 0.344. The number of esters is 1. The van der Waals surface area contributed by atoms with Crippen LogP contribution in [0.25, 0.3) is 11.1 Å². The second kappa shape index (κ2) is 12.0. The Morgan fingerprint density at radius 3 is 2.42 bits per heavy atom. The third-order valence-electron chi connectivity index (χ3n) is 8.18. The van der Waals surface area contributed by atoms with Crippen molar-refractivity contribution >= 4 is 16.0 Å². The molecule has 0 spiro atoms. The van der Waals surface area contributed by atoms with E-state index in [1.54, 1.807) is 0 Å². The minimum Gasteiger partial charge on any atom is -0.469 e. The highest BCUT2D eigenvalue weighted by Gasteiger charge is 2.60. The fourth-order valence-corrected chi connectivity index (χ4v) is 7.39. The predicted octanol–water partition coefficient (Wildman–Crippen LogP) is 5.79. The van der Waals surface area contributed by atoms with Gasteiger partial charge in [0.2, 0.25) is 10.0 Å². The van der Waals surface area contributed by atoms with Crippen molar-refractivity contribution in [3.63, 3.8) is 0 Å². The zero-order valence-electron chi connectivity index (χ0n) is 22.5. The summed E-state index contributed by atoms with van der Waals surface area (Å²) >= 11 is 0. The first-order valence-corrected chi connectivity index (χ1v) is 15.1. The molecule has 3 aromatic rings. The van der Waals surface area contributed by atoms with Crippen LogP contribution >= 0.6 is 0 Å². The Bertz CT molecular complexity index is 1440. The first-order chi connectivity index (χ1) is 19.3. The fourth-order valence-electron chi connectivity index (χ4n) is 6.08. The van der Waals surface area contributed by atoms with Crippen LogP contribution in [0.3, 0.4) is 0 Å². The number of ether oxygens (including phenoxy) is 2. The monoisotopic (exact) mass is 563 g/mol. The van der Waals surface area contributed by atoms with Crippen molar-refractivity contribution in [2.75, 3.05) is 13.7 Å². The van der Waals surface area contributed by atoms with Gasteiger partial charge >= 0.3 is 5.97 Å². The molecule has 0 aromatic heterocycles. The van der Waals surface area contributed by atoms with E-state index < -0.39 is 21.9 Å². The number of methoxy groups -OCH3 is 1. The van der Waals surface area contributed by atoms with Gasteiger partial charge in [-0.1, -0.05) is 66.7 Å². The van der Waals surface area contributed by atoms with Crippen LogP contribution in [-0.4, -0.2) is 40.2 Å². The zero-order valence-corrected chi connectivity index (χ0v) is 23.3. The standard InChI is InChI=1S/C32H34FNO5S/c1-38-30(35)12-8-3-2-7-11-28-31(34-40(36,37)27-19-17-26(33)18-20-27)29-21-32(28,22-39-29)25-15-13-24(14-16-25)23-9-5-4-6-10-23/h2,4-7,9-10,13-20,28-29,31,34H,3,8,11-12,21-22H2,1H3/t28-,29-,31-,32-/m0/s1. The number of nitrogens with one attached hydrogen (secondary N) is 1. The molecule has 8 heteroatoms. The molecule has 0 unspecified atom stereocenters. The second-order valence-electron chi connectivity index (χ2n) is 10.5. The van der Waals surface area contributed by atoms with Gasteiger partial charge in [0, 0.05) is 11.8 Å². The number of sulfonamides is 1. The Hall–Kier alpha value is -3.33. The SMILES string of the molecule is COC(=O)CCCC=CC[C@H]1[C@H](NS(=O)(=O)c2ccc(F)cc2)[C@@H]2C[C@@]1(c1ccc(-c3ccccc3)cc1)CO2. The quantitative estimate of drug-likeness (QED) is 0.182. The van der Waals surface area contributed by atoms with E-state index >= 15 is 0 Å². The van der Waals surface area contributed by atoms with Crippen LogP contribution in [0.5, 0.6) is 0 Å². The highest BCUT2D eigenvalue weighted by Crippen LogP contribution is 2.54. The van der Waals surface area contributed by atoms with Gasteiger partial charge in [0.1, 0.15) is 5.82 Å². The Kier molecular flexibility index (Phi) is 8.49. The molecule has 2 aliphatic rings. The van der Waals surface area contributed by atoms with E-state index in [2.05, 4.69) is 47.2 Å². The van der Waals surface area contributed by atoms with Crippen molar-refractivity contribution < 1.29 is 27.1 Å². The van der Waals surface area contributed by atoms with Crippen LogP contribution in [-0.2, 0) is 29.7 Å². The maximum absolute atomic E-state index is 13.5. The molecule has 4 atom stereocenters. The van der Waals surface area contributed by atoms with Crippen LogP contribution in [0.4, 0.5) is 4.39 Å². The summed E-state index contributed by atoms with van der Waals surface area (Å²) in [4.78, 5) is 11.4. The van der Waals surface area contributed by atoms with Gasteiger partial charge in [0.15, 0.2) is 0 Å². The highest BCUT2D eigenvalue weighted by atomic mass is 32.2. The van der Waals surface area contributed by atoms with Gasteiger partial charge in [-0.05, 0) is 72.6 Å². The smallest absolute Gasteiger partial charge is 0.305 e. The lowest BCUT2D eigenvalue weighted by atomic mass is 9.70. The Labute approximate surface area is 235 Å². The Morgan fingerprint density at radius 2 is 1.73 bits per heavy atom. The number of fused-ring (bicyclic) bond motifs is 2. The highest BCUT2D eigenvalue weighted by molar-refractivity contribution is 7.89. The minimum absolute atomic E-state index is 0.0232. The summed E-state index contributed by atoms with van der Waals surface area (Å²) in [5.41, 5.74) is 3.02. The first kappa shape index (κ1) is 28.2. The number of benzene rings is 3. The number of allylic oxidation sites excluding steroid dienone is 2. The second-order valence-corrected chi connectivity index (χ2v) is 12.3. The summed E-state index contributed by atoms with van der Waals surface area (Å²) < 4.78 is 53.9. The van der Waals surface area contributed by atoms with Crippen LogP contribution < -0.4 is 4.72 Å². The van der Waals surface area contributed by atoms with E-state index in [4.69, 9.17) is 9.47 Å². The van der Waals surface area contributed by atoms with Gasteiger partial charge in [-0.15, -0.1) is 0 Å². The average Bonchev–Trinajstić information content (AvgIpc) is 3.54. The molecule has 0 amide bonds. The number of halogens is 1. The van der Waals surface area contributed by atoms with E-state index in [-0.39, 0.29) is 28.3 Å². The van der Waals surface area contributed by atoms with E-state index in [9.17, 15) is 17.6 Å². The maximum Gasteiger partial charge on any atom is 0.305 e. The van der Waals surface area contributed by atoms with E-state index in [0.717, 1.165) is 35.2 Å². The largest absolute Gasteiger partial charge is 0.469 e. The molecule has 210 valence electrons. The summed E-state index contributed by atoms with van der Waals surface area (Å²) in [6, 6.07) is 23.1. The number of hydrogen-bond acceptors (Lipinski definition) is 5. The van der Waals surface area contributed by atoms with Gasteiger partial charge in [-0.2, -0.15) is 0 Å². The van der Waals surface area contributed by atoms with Crippen molar-refractivity contribution in [3.05, 3.63) is 102 Å². The number of carbonyl (C=O) groups is 1. The van der Waals surface area contributed by atoms with Gasteiger partial charge in [-0.25, -0.2) is 17.5 Å². The normalized spacial score (nSPS) is 24.0. The molecule has 1 aliphatic carbocycles. The Balaban J connectivity index is 1.40. The van der Waals surface area contributed by atoms with Crippen LogP contribution in [0.15, 0.2) is 95.9 Å². The summed E-state index contributed by atoms with van der Waals surface area (Å²) in [6.07, 6.45) is 6.98.